The van der Waals surface area contributed by atoms with Gasteiger partial charge in [-0.05, 0) is 50.8 Å². The first kappa shape index (κ1) is 24.0. The molecule has 7 nitrogen and oxygen atoms in total. The van der Waals surface area contributed by atoms with Crippen LogP contribution < -0.4 is 15.8 Å². The summed E-state index contributed by atoms with van der Waals surface area (Å²) in [6, 6.07) is 17.7. The van der Waals surface area contributed by atoms with Gasteiger partial charge in [-0.2, -0.15) is 0 Å². The van der Waals surface area contributed by atoms with Crippen LogP contribution >= 0.6 is 0 Å². The van der Waals surface area contributed by atoms with Crippen molar-refractivity contribution in [2.75, 3.05) is 31.1 Å². The van der Waals surface area contributed by atoms with Gasteiger partial charge in [-0.1, -0.05) is 42.5 Å². The molecular formula is C27H34N4O3. The van der Waals surface area contributed by atoms with Crippen LogP contribution in [0.2, 0.25) is 0 Å². The Balaban J connectivity index is 1.52. The summed E-state index contributed by atoms with van der Waals surface area (Å²) < 4.78 is 7.34. The van der Waals surface area contributed by atoms with Crippen LogP contribution in [-0.4, -0.2) is 47.8 Å². The standard InChI is InChI=1S/C27H34N4O3/c1-20(2)34-17-9-15-28-26(32)22-12-8-16-30(19-22)25-27(33)31(18-21-10-4-3-5-11-21)24-14-7-6-13-23(24)29-25/h3-7,10-11,13-14,20,22H,8-9,12,15-19H2,1-2H3,(H,28,32). The average Bonchev–Trinajstić information content (AvgIpc) is 2.86. The van der Waals surface area contributed by atoms with Gasteiger partial charge in [-0.15, -0.1) is 0 Å². The summed E-state index contributed by atoms with van der Waals surface area (Å²) in [6.45, 7) is 6.94. The molecule has 1 saturated heterocycles. The van der Waals surface area contributed by atoms with Crippen LogP contribution in [0.25, 0.3) is 11.0 Å². The van der Waals surface area contributed by atoms with E-state index in [0.717, 1.165) is 42.4 Å². The molecule has 1 atom stereocenters. The summed E-state index contributed by atoms with van der Waals surface area (Å²) in [5, 5.41) is 3.04. The number of para-hydroxylation sites is 2. The monoisotopic (exact) mass is 462 g/mol. The molecule has 3 aromatic rings. The smallest absolute Gasteiger partial charge is 0.294 e. The fourth-order valence-electron chi connectivity index (χ4n) is 4.44. The summed E-state index contributed by atoms with van der Waals surface area (Å²) in [6.07, 6.45) is 2.65. The summed E-state index contributed by atoms with van der Waals surface area (Å²) in [5.41, 5.74) is 2.54. The maximum absolute atomic E-state index is 13.6. The van der Waals surface area contributed by atoms with Gasteiger partial charge in [-0.25, -0.2) is 4.98 Å². The molecule has 2 aromatic carbocycles. The molecule has 1 aliphatic heterocycles. The number of ether oxygens (including phenoxy) is 1. The Morgan fingerprint density at radius 1 is 1.15 bits per heavy atom. The van der Waals surface area contributed by atoms with Gasteiger partial charge in [0.25, 0.3) is 5.56 Å². The highest BCUT2D eigenvalue weighted by molar-refractivity contribution is 5.80. The number of piperidine rings is 1. The number of amides is 1. The SMILES string of the molecule is CC(C)OCCCNC(=O)C1CCCN(c2nc3ccccc3n(Cc3ccccc3)c2=O)C1. The lowest BCUT2D eigenvalue weighted by molar-refractivity contribution is -0.125. The van der Waals surface area contributed by atoms with E-state index in [-0.39, 0.29) is 23.5 Å². The minimum Gasteiger partial charge on any atom is -0.379 e. The predicted octanol–water partition coefficient (Wildman–Crippen LogP) is 3.59. The van der Waals surface area contributed by atoms with Crippen molar-refractivity contribution in [2.45, 2.75) is 45.8 Å². The summed E-state index contributed by atoms with van der Waals surface area (Å²) >= 11 is 0. The summed E-state index contributed by atoms with van der Waals surface area (Å²) in [5.74, 6) is 0.312. The number of benzene rings is 2. The van der Waals surface area contributed by atoms with Crippen LogP contribution in [0, 0.1) is 5.92 Å². The lowest BCUT2D eigenvalue weighted by atomic mass is 9.97. The second kappa shape index (κ2) is 11.3. The Morgan fingerprint density at radius 2 is 1.91 bits per heavy atom. The van der Waals surface area contributed by atoms with Crippen molar-refractivity contribution in [3.8, 4) is 0 Å². The Kier molecular flexibility index (Phi) is 7.95. The Morgan fingerprint density at radius 3 is 2.71 bits per heavy atom. The maximum atomic E-state index is 13.6. The van der Waals surface area contributed by atoms with E-state index in [2.05, 4.69) is 5.32 Å². The van der Waals surface area contributed by atoms with Gasteiger partial charge in [0.2, 0.25) is 5.91 Å². The Labute approximate surface area is 200 Å². The molecule has 2 heterocycles. The first-order valence-corrected chi connectivity index (χ1v) is 12.2. The number of carbonyl (C=O) groups is 1. The third-order valence-corrected chi connectivity index (χ3v) is 6.18. The third kappa shape index (κ3) is 5.83. The predicted molar refractivity (Wildman–Crippen MR) is 135 cm³/mol. The van der Waals surface area contributed by atoms with Crippen molar-refractivity contribution in [1.29, 1.82) is 0 Å². The number of carbonyl (C=O) groups excluding carboxylic acids is 1. The van der Waals surface area contributed by atoms with Gasteiger partial charge in [0.15, 0.2) is 5.82 Å². The number of aromatic nitrogens is 2. The molecule has 1 N–H and O–H groups in total. The molecule has 4 rings (SSSR count). The van der Waals surface area contributed by atoms with Gasteiger partial charge in [0.1, 0.15) is 0 Å². The highest BCUT2D eigenvalue weighted by Gasteiger charge is 2.28. The first-order chi connectivity index (χ1) is 16.5. The molecule has 0 aliphatic carbocycles. The second-order valence-electron chi connectivity index (χ2n) is 9.15. The van der Waals surface area contributed by atoms with Crippen LogP contribution in [0.15, 0.2) is 59.4 Å². The number of hydrogen-bond donors (Lipinski definition) is 1. The van der Waals surface area contributed by atoms with Gasteiger partial charge in [0, 0.05) is 26.2 Å². The highest BCUT2D eigenvalue weighted by atomic mass is 16.5. The van der Waals surface area contributed by atoms with Crippen molar-refractivity contribution in [3.05, 3.63) is 70.5 Å². The average molecular weight is 463 g/mol. The first-order valence-electron chi connectivity index (χ1n) is 12.2. The number of rotatable bonds is 9. The van der Waals surface area contributed by atoms with Crippen LogP contribution in [0.1, 0.15) is 38.7 Å². The van der Waals surface area contributed by atoms with Crippen LogP contribution in [-0.2, 0) is 16.1 Å². The molecule has 1 aromatic heterocycles. The zero-order valence-electron chi connectivity index (χ0n) is 20.1. The fourth-order valence-corrected chi connectivity index (χ4v) is 4.44. The van der Waals surface area contributed by atoms with E-state index < -0.39 is 0 Å². The number of anilines is 1. The van der Waals surface area contributed by atoms with E-state index in [0.29, 0.717) is 32.1 Å². The van der Waals surface area contributed by atoms with E-state index in [1.54, 1.807) is 4.57 Å². The number of hydrogen-bond acceptors (Lipinski definition) is 5. The molecule has 1 fully saturated rings. The molecule has 34 heavy (non-hydrogen) atoms. The lowest BCUT2D eigenvalue weighted by Crippen LogP contribution is -2.46. The molecule has 0 radical (unpaired) electrons. The quantitative estimate of drug-likeness (QED) is 0.492. The molecule has 0 bridgehead atoms. The molecule has 7 heteroatoms. The van der Waals surface area contributed by atoms with E-state index >= 15 is 0 Å². The second-order valence-corrected chi connectivity index (χ2v) is 9.15. The van der Waals surface area contributed by atoms with E-state index in [1.807, 2.05) is 73.3 Å². The van der Waals surface area contributed by atoms with Gasteiger partial charge in [-0.3, -0.25) is 14.2 Å². The molecule has 180 valence electrons. The highest BCUT2D eigenvalue weighted by Crippen LogP contribution is 2.22. The van der Waals surface area contributed by atoms with E-state index in [9.17, 15) is 9.59 Å². The lowest BCUT2D eigenvalue weighted by Gasteiger charge is -2.32. The molecule has 0 spiro atoms. The van der Waals surface area contributed by atoms with E-state index in [4.69, 9.17) is 9.72 Å². The van der Waals surface area contributed by atoms with Crippen molar-refractivity contribution < 1.29 is 9.53 Å². The number of nitrogens with one attached hydrogen (secondary N) is 1. The van der Waals surface area contributed by atoms with Crippen molar-refractivity contribution in [3.63, 3.8) is 0 Å². The normalized spacial score (nSPS) is 16.2. The maximum Gasteiger partial charge on any atom is 0.294 e. The van der Waals surface area contributed by atoms with Crippen LogP contribution in [0.5, 0.6) is 0 Å². The Hall–Kier alpha value is -3.19. The fraction of sp³-hybridized carbons (Fsp3) is 0.444. The minimum atomic E-state index is -0.157. The summed E-state index contributed by atoms with van der Waals surface area (Å²) in [7, 11) is 0. The molecule has 0 saturated carbocycles. The Bertz CT molecular complexity index is 1160. The number of fused-ring (bicyclic) bond motifs is 1. The van der Waals surface area contributed by atoms with E-state index in [1.165, 1.54) is 0 Å². The third-order valence-electron chi connectivity index (χ3n) is 6.18. The van der Waals surface area contributed by atoms with Gasteiger partial charge >= 0.3 is 0 Å². The molecule has 1 aliphatic rings. The topological polar surface area (TPSA) is 76.5 Å². The van der Waals surface area contributed by atoms with Crippen molar-refractivity contribution in [1.82, 2.24) is 14.9 Å². The molecular weight excluding hydrogens is 428 g/mol. The molecule has 1 amide bonds. The van der Waals surface area contributed by atoms with Crippen molar-refractivity contribution >= 4 is 22.8 Å². The molecule has 1 unspecified atom stereocenters. The minimum absolute atomic E-state index is 0.0413. The van der Waals surface area contributed by atoms with Gasteiger partial charge in [0.05, 0.1) is 29.6 Å². The number of nitrogens with zero attached hydrogens (tertiary/aromatic N) is 3. The van der Waals surface area contributed by atoms with Crippen LogP contribution in [0.4, 0.5) is 5.82 Å². The zero-order valence-corrected chi connectivity index (χ0v) is 20.1. The summed E-state index contributed by atoms with van der Waals surface area (Å²) in [4.78, 5) is 33.1. The van der Waals surface area contributed by atoms with Crippen molar-refractivity contribution in [2.24, 2.45) is 5.92 Å². The van der Waals surface area contributed by atoms with Gasteiger partial charge < -0.3 is 15.0 Å². The zero-order chi connectivity index (χ0) is 23.9. The van der Waals surface area contributed by atoms with Crippen LogP contribution in [0.3, 0.4) is 0 Å². The largest absolute Gasteiger partial charge is 0.379 e.